The molecule has 2 atom stereocenters. The molecule has 0 saturated heterocycles. The number of esters is 2. The van der Waals surface area contributed by atoms with Crippen LogP contribution >= 0.6 is 7.82 Å². The molecule has 0 amide bonds. The molecule has 0 aliphatic carbocycles. The van der Waals surface area contributed by atoms with E-state index >= 15 is 0 Å². The number of ether oxygens (including phenoxy) is 2. The second-order valence-corrected chi connectivity index (χ2v) is 22.0. The van der Waals surface area contributed by atoms with Gasteiger partial charge in [0, 0.05) is 19.4 Å². The summed E-state index contributed by atoms with van der Waals surface area (Å²) in [7, 11) is -4.37. The van der Waals surface area contributed by atoms with E-state index in [0.29, 0.717) is 6.42 Å². The van der Waals surface area contributed by atoms with Gasteiger partial charge in [-0.15, -0.1) is 0 Å². The predicted molar refractivity (Wildman–Crippen MR) is 294 cm³/mol. The van der Waals surface area contributed by atoms with Crippen molar-refractivity contribution in [3.63, 3.8) is 0 Å². The average molecular weight is 999 g/mol. The number of phosphoric acid groups is 1. The van der Waals surface area contributed by atoms with E-state index in [-0.39, 0.29) is 38.6 Å². The summed E-state index contributed by atoms with van der Waals surface area (Å²) >= 11 is 0. The quantitative estimate of drug-likeness (QED) is 0.0264. The molecule has 0 saturated carbocycles. The van der Waals surface area contributed by atoms with Gasteiger partial charge in [0.2, 0.25) is 0 Å². The van der Waals surface area contributed by atoms with E-state index in [0.717, 1.165) is 32.1 Å². The molecule has 0 radical (unpaired) electrons. The minimum atomic E-state index is -4.37. The Morgan fingerprint density at radius 1 is 0.420 bits per heavy atom. The van der Waals surface area contributed by atoms with Gasteiger partial charge in [0.25, 0.3) is 0 Å². The molecule has 0 fully saturated rings. The van der Waals surface area contributed by atoms with Crippen molar-refractivity contribution in [3.05, 3.63) is 12.2 Å². The molecule has 0 rings (SSSR count). The normalized spacial score (nSPS) is 13.0. The summed E-state index contributed by atoms with van der Waals surface area (Å²) < 4.78 is 32.9. The lowest BCUT2D eigenvalue weighted by atomic mass is 10.0. The molecule has 0 spiro atoms. The number of hydrogen-bond acceptors (Lipinski definition) is 8. The average Bonchev–Trinajstić information content (AvgIpc) is 3.34. The molecule has 10 heteroatoms. The Balaban J connectivity index is 3.71. The van der Waals surface area contributed by atoms with Crippen LogP contribution < -0.4 is 5.73 Å². The minimum absolute atomic E-state index is 0.0576. The van der Waals surface area contributed by atoms with E-state index in [1.807, 2.05) is 0 Å². The van der Waals surface area contributed by atoms with E-state index < -0.39 is 26.5 Å². The lowest BCUT2D eigenvalue weighted by molar-refractivity contribution is -0.161. The van der Waals surface area contributed by atoms with Crippen molar-refractivity contribution in [2.24, 2.45) is 5.73 Å². The fraction of sp³-hybridized carbons (Fsp3) is 0.932. The van der Waals surface area contributed by atoms with Crippen LogP contribution in [-0.4, -0.2) is 49.3 Å². The van der Waals surface area contributed by atoms with Gasteiger partial charge in [-0.05, 0) is 38.5 Å². The highest BCUT2D eigenvalue weighted by molar-refractivity contribution is 7.47. The molecule has 0 aliphatic heterocycles. The molecule has 410 valence electrons. The van der Waals surface area contributed by atoms with Crippen LogP contribution in [0.2, 0.25) is 0 Å². The monoisotopic (exact) mass is 998 g/mol. The van der Waals surface area contributed by atoms with E-state index in [9.17, 15) is 19.0 Å². The summed E-state index contributed by atoms with van der Waals surface area (Å²) in [6.45, 7) is 3.78. The second-order valence-electron chi connectivity index (χ2n) is 20.6. The predicted octanol–water partition coefficient (Wildman–Crippen LogP) is 18.9. The van der Waals surface area contributed by atoms with Gasteiger partial charge < -0.3 is 20.1 Å². The smallest absolute Gasteiger partial charge is 0.462 e. The summed E-state index contributed by atoms with van der Waals surface area (Å²) in [5.74, 6) is -0.810. The Morgan fingerprint density at radius 2 is 0.710 bits per heavy atom. The molecule has 0 bridgehead atoms. The van der Waals surface area contributed by atoms with Crippen LogP contribution in [0.1, 0.15) is 322 Å². The topological polar surface area (TPSA) is 134 Å². The van der Waals surface area contributed by atoms with Gasteiger partial charge in [-0.25, -0.2) is 4.57 Å². The summed E-state index contributed by atoms with van der Waals surface area (Å²) in [6, 6.07) is 0. The third kappa shape index (κ3) is 55.9. The maximum Gasteiger partial charge on any atom is 0.472 e. The van der Waals surface area contributed by atoms with Crippen molar-refractivity contribution in [2.75, 3.05) is 26.4 Å². The van der Waals surface area contributed by atoms with Gasteiger partial charge in [0.1, 0.15) is 6.61 Å². The molecular formula is C59H116NO8P. The van der Waals surface area contributed by atoms with Crippen molar-refractivity contribution < 1.29 is 37.6 Å². The Bertz CT molecular complexity index is 1140. The Hall–Kier alpha value is -1.25. The Kier molecular flexibility index (Phi) is 55.0. The van der Waals surface area contributed by atoms with E-state index in [4.69, 9.17) is 24.3 Å². The number of rotatable bonds is 58. The first kappa shape index (κ1) is 67.8. The van der Waals surface area contributed by atoms with Gasteiger partial charge in [0.05, 0.1) is 13.2 Å². The van der Waals surface area contributed by atoms with Crippen molar-refractivity contribution in [2.45, 2.75) is 328 Å². The zero-order valence-electron chi connectivity index (χ0n) is 45.8. The minimum Gasteiger partial charge on any atom is -0.462 e. The van der Waals surface area contributed by atoms with Crippen molar-refractivity contribution >= 4 is 19.8 Å². The lowest BCUT2D eigenvalue weighted by Gasteiger charge is -2.19. The molecule has 0 aromatic rings. The Labute approximate surface area is 428 Å². The van der Waals surface area contributed by atoms with Crippen LogP contribution in [0.15, 0.2) is 12.2 Å². The third-order valence-corrected chi connectivity index (χ3v) is 14.6. The number of nitrogens with two attached hydrogens (primary N) is 1. The molecule has 3 N–H and O–H groups in total. The molecular weight excluding hydrogens is 882 g/mol. The number of allylic oxidation sites excluding steroid dienone is 2. The fourth-order valence-electron chi connectivity index (χ4n) is 9.16. The van der Waals surface area contributed by atoms with Crippen molar-refractivity contribution in [3.8, 4) is 0 Å². The molecule has 0 aromatic heterocycles. The largest absolute Gasteiger partial charge is 0.472 e. The van der Waals surface area contributed by atoms with Crippen LogP contribution in [-0.2, 0) is 32.7 Å². The van der Waals surface area contributed by atoms with Crippen LogP contribution in [0.25, 0.3) is 0 Å². The zero-order chi connectivity index (χ0) is 50.2. The van der Waals surface area contributed by atoms with Gasteiger partial charge in [0.15, 0.2) is 6.10 Å². The van der Waals surface area contributed by atoms with Crippen molar-refractivity contribution in [1.82, 2.24) is 0 Å². The standard InChI is InChI=1S/C59H116NO8P/c1-3-5-7-9-11-13-15-16-17-18-19-20-21-22-23-24-25-26-27-28-29-30-31-32-33-34-35-36-37-38-39-40-42-44-46-48-50-52-59(62)68-57(56-67-69(63,64)66-54-53-60)55-65-58(61)51-49-47-45-43-41-14-12-10-8-6-4-2/h18-19,57H,3-17,20-56,60H2,1-2H3,(H,63,64)/b19-18-. The lowest BCUT2D eigenvalue weighted by Crippen LogP contribution is -2.29. The van der Waals surface area contributed by atoms with Crippen molar-refractivity contribution in [1.29, 1.82) is 0 Å². The maximum absolute atomic E-state index is 12.7. The first-order valence-corrected chi connectivity index (χ1v) is 31.7. The summed E-state index contributed by atoms with van der Waals surface area (Å²) in [6.07, 6.45) is 64.6. The third-order valence-electron chi connectivity index (χ3n) is 13.7. The van der Waals surface area contributed by atoms with E-state index in [1.165, 1.54) is 257 Å². The number of phosphoric ester groups is 1. The summed E-state index contributed by atoms with van der Waals surface area (Å²) in [4.78, 5) is 35.0. The van der Waals surface area contributed by atoms with Crippen LogP contribution in [0.3, 0.4) is 0 Å². The highest BCUT2D eigenvalue weighted by Crippen LogP contribution is 2.43. The highest BCUT2D eigenvalue weighted by Gasteiger charge is 2.26. The fourth-order valence-corrected chi connectivity index (χ4v) is 9.93. The maximum atomic E-state index is 12.7. The number of hydrogen-bond donors (Lipinski definition) is 2. The molecule has 0 aromatic carbocycles. The van der Waals surface area contributed by atoms with Gasteiger partial charge >= 0.3 is 19.8 Å². The number of unbranched alkanes of at least 4 members (excludes halogenated alkanes) is 43. The molecule has 0 aliphatic rings. The molecule has 69 heavy (non-hydrogen) atoms. The second kappa shape index (κ2) is 56.1. The van der Waals surface area contributed by atoms with Crippen LogP contribution in [0.5, 0.6) is 0 Å². The molecule has 9 nitrogen and oxygen atoms in total. The van der Waals surface area contributed by atoms with Gasteiger partial charge in [-0.3, -0.25) is 18.6 Å². The van der Waals surface area contributed by atoms with Gasteiger partial charge in [-0.2, -0.15) is 0 Å². The molecule has 2 unspecified atom stereocenters. The molecule has 0 heterocycles. The highest BCUT2D eigenvalue weighted by atomic mass is 31.2. The SMILES string of the molecule is CCCCCCCCCC/C=C\CCCCCCCCCCCCCCCCCCCCCCCCCCCC(=O)OC(COC(=O)CCCCCCCCCCCCC)COP(=O)(O)OCCN. The van der Waals surface area contributed by atoms with Crippen LogP contribution in [0.4, 0.5) is 0 Å². The van der Waals surface area contributed by atoms with E-state index in [1.54, 1.807) is 0 Å². The number of carbonyl (C=O) groups is 2. The summed E-state index contributed by atoms with van der Waals surface area (Å²) in [5, 5.41) is 0. The zero-order valence-corrected chi connectivity index (χ0v) is 46.7. The first-order chi connectivity index (χ1) is 33.8. The van der Waals surface area contributed by atoms with Crippen LogP contribution in [0, 0.1) is 0 Å². The van der Waals surface area contributed by atoms with Gasteiger partial charge in [-0.1, -0.05) is 283 Å². The Morgan fingerprint density at radius 3 is 1.03 bits per heavy atom. The summed E-state index contributed by atoms with van der Waals surface area (Å²) in [5.41, 5.74) is 5.37. The first-order valence-electron chi connectivity index (χ1n) is 30.2. The van der Waals surface area contributed by atoms with E-state index in [2.05, 4.69) is 26.0 Å². The number of carbonyl (C=O) groups excluding carboxylic acids is 2.